The van der Waals surface area contributed by atoms with Gasteiger partial charge in [0.1, 0.15) is 11.5 Å². The summed E-state index contributed by atoms with van der Waals surface area (Å²) >= 11 is 0. The van der Waals surface area contributed by atoms with Gasteiger partial charge in [0.25, 0.3) is 11.9 Å². The molecular formula is C22H27N5O4. The van der Waals surface area contributed by atoms with Gasteiger partial charge in [0.05, 0.1) is 50.0 Å². The molecule has 0 radical (unpaired) electrons. The molecule has 0 saturated heterocycles. The Kier molecular flexibility index (Phi) is 7.19. The molecule has 31 heavy (non-hydrogen) atoms. The SMILES string of the molecule is CCC(COC)NC(=O)c1cnn(-c2nccc(-c3cc(OC)ccc3OC)n2)c1C. The fourth-order valence-electron chi connectivity index (χ4n) is 3.17. The van der Waals surface area contributed by atoms with Crippen LogP contribution in [0.3, 0.4) is 0 Å². The first-order valence-corrected chi connectivity index (χ1v) is 9.92. The molecule has 9 heteroatoms. The molecule has 1 unspecified atom stereocenters. The first-order valence-electron chi connectivity index (χ1n) is 9.92. The molecule has 0 fully saturated rings. The molecule has 164 valence electrons. The Morgan fingerprint density at radius 3 is 2.68 bits per heavy atom. The normalized spacial score (nSPS) is 11.8. The van der Waals surface area contributed by atoms with Gasteiger partial charge in [-0.25, -0.2) is 14.6 Å². The summed E-state index contributed by atoms with van der Waals surface area (Å²) in [6, 6.07) is 7.20. The van der Waals surface area contributed by atoms with Crippen LogP contribution in [0, 0.1) is 6.92 Å². The Bertz CT molecular complexity index is 1050. The molecule has 9 nitrogen and oxygen atoms in total. The molecule has 1 N–H and O–H groups in total. The van der Waals surface area contributed by atoms with Gasteiger partial charge in [0, 0.05) is 18.9 Å². The topological polar surface area (TPSA) is 100 Å². The number of methoxy groups -OCH3 is 3. The van der Waals surface area contributed by atoms with Gasteiger partial charge in [-0.15, -0.1) is 0 Å². The van der Waals surface area contributed by atoms with Crippen LogP contribution in [0.1, 0.15) is 29.4 Å². The molecule has 2 heterocycles. The molecule has 1 aromatic carbocycles. The van der Waals surface area contributed by atoms with Crippen molar-refractivity contribution in [2.75, 3.05) is 27.9 Å². The average Bonchev–Trinajstić information content (AvgIpc) is 3.19. The molecule has 0 aliphatic rings. The van der Waals surface area contributed by atoms with Crippen molar-refractivity contribution >= 4 is 5.91 Å². The largest absolute Gasteiger partial charge is 0.497 e. The van der Waals surface area contributed by atoms with Crippen molar-refractivity contribution in [2.24, 2.45) is 0 Å². The Labute approximate surface area is 181 Å². The number of nitrogens with zero attached hydrogens (tertiary/aromatic N) is 4. The van der Waals surface area contributed by atoms with Crippen molar-refractivity contribution in [1.82, 2.24) is 25.1 Å². The van der Waals surface area contributed by atoms with E-state index in [1.165, 1.54) is 6.20 Å². The molecule has 1 amide bonds. The van der Waals surface area contributed by atoms with Crippen LogP contribution in [0.15, 0.2) is 36.7 Å². The zero-order chi connectivity index (χ0) is 22.4. The molecule has 0 spiro atoms. The number of aromatic nitrogens is 4. The Morgan fingerprint density at radius 2 is 2.00 bits per heavy atom. The van der Waals surface area contributed by atoms with E-state index in [0.29, 0.717) is 41.0 Å². The summed E-state index contributed by atoms with van der Waals surface area (Å²) in [5.74, 6) is 1.49. The highest BCUT2D eigenvalue weighted by atomic mass is 16.5. The van der Waals surface area contributed by atoms with E-state index in [4.69, 9.17) is 14.2 Å². The Hall–Kier alpha value is -3.46. The lowest BCUT2D eigenvalue weighted by atomic mass is 10.1. The quantitative estimate of drug-likeness (QED) is 0.563. The van der Waals surface area contributed by atoms with Crippen molar-refractivity contribution < 1.29 is 19.0 Å². The predicted molar refractivity (Wildman–Crippen MR) is 116 cm³/mol. The summed E-state index contributed by atoms with van der Waals surface area (Å²) in [6.45, 7) is 4.25. The number of ether oxygens (including phenoxy) is 3. The number of rotatable bonds is 9. The standard InChI is InChI=1S/C22H27N5O4/c1-6-15(13-29-3)25-21(28)18-12-24-27(14(18)2)22-23-10-9-19(26-22)17-11-16(30-4)7-8-20(17)31-5/h7-12,15H,6,13H2,1-5H3,(H,25,28). The number of carbonyl (C=O) groups excluding carboxylic acids is 1. The summed E-state index contributed by atoms with van der Waals surface area (Å²) in [6.07, 6.45) is 3.93. The van der Waals surface area contributed by atoms with Crippen LogP contribution >= 0.6 is 0 Å². The second-order valence-corrected chi connectivity index (χ2v) is 6.90. The Balaban J connectivity index is 1.93. The van der Waals surface area contributed by atoms with Crippen molar-refractivity contribution in [3.05, 3.63) is 47.9 Å². The van der Waals surface area contributed by atoms with Crippen LogP contribution in [0.5, 0.6) is 11.5 Å². The van der Waals surface area contributed by atoms with Crippen molar-refractivity contribution in [2.45, 2.75) is 26.3 Å². The minimum Gasteiger partial charge on any atom is -0.497 e. The van der Waals surface area contributed by atoms with E-state index < -0.39 is 0 Å². The first-order chi connectivity index (χ1) is 15.0. The van der Waals surface area contributed by atoms with E-state index >= 15 is 0 Å². The van der Waals surface area contributed by atoms with E-state index in [1.54, 1.807) is 45.2 Å². The van der Waals surface area contributed by atoms with Gasteiger partial charge >= 0.3 is 0 Å². The third-order valence-electron chi connectivity index (χ3n) is 4.97. The minimum atomic E-state index is -0.210. The van der Waals surface area contributed by atoms with E-state index in [1.807, 2.05) is 25.1 Å². The number of hydrogen-bond donors (Lipinski definition) is 1. The van der Waals surface area contributed by atoms with E-state index in [0.717, 1.165) is 12.0 Å². The zero-order valence-corrected chi connectivity index (χ0v) is 18.4. The summed E-state index contributed by atoms with van der Waals surface area (Å²) in [5, 5.41) is 7.31. The van der Waals surface area contributed by atoms with Gasteiger partial charge in [-0.3, -0.25) is 4.79 Å². The fraction of sp³-hybridized carbons (Fsp3) is 0.364. The van der Waals surface area contributed by atoms with E-state index in [9.17, 15) is 4.79 Å². The van der Waals surface area contributed by atoms with Gasteiger partial charge in [-0.05, 0) is 37.6 Å². The lowest BCUT2D eigenvalue weighted by molar-refractivity contribution is 0.0894. The lowest BCUT2D eigenvalue weighted by Gasteiger charge is -2.15. The van der Waals surface area contributed by atoms with Crippen LogP contribution in [0.25, 0.3) is 17.2 Å². The molecule has 0 aliphatic carbocycles. The monoisotopic (exact) mass is 425 g/mol. The maximum Gasteiger partial charge on any atom is 0.255 e. The number of amides is 1. The van der Waals surface area contributed by atoms with Gasteiger partial charge in [0.2, 0.25) is 0 Å². The Morgan fingerprint density at radius 1 is 1.19 bits per heavy atom. The summed E-state index contributed by atoms with van der Waals surface area (Å²) in [4.78, 5) is 21.7. The fourth-order valence-corrected chi connectivity index (χ4v) is 3.17. The molecule has 0 aliphatic heterocycles. The van der Waals surface area contributed by atoms with Gasteiger partial charge in [0.15, 0.2) is 0 Å². The van der Waals surface area contributed by atoms with Gasteiger partial charge in [-0.1, -0.05) is 6.92 Å². The maximum absolute atomic E-state index is 12.7. The molecule has 3 rings (SSSR count). The number of carbonyl (C=O) groups is 1. The highest BCUT2D eigenvalue weighted by Gasteiger charge is 2.19. The van der Waals surface area contributed by atoms with E-state index in [-0.39, 0.29) is 11.9 Å². The number of nitrogens with one attached hydrogen (secondary N) is 1. The molecule has 2 aromatic heterocycles. The molecule has 3 aromatic rings. The zero-order valence-electron chi connectivity index (χ0n) is 18.4. The van der Waals surface area contributed by atoms with E-state index in [2.05, 4.69) is 20.4 Å². The number of benzene rings is 1. The van der Waals surface area contributed by atoms with Crippen molar-refractivity contribution in [1.29, 1.82) is 0 Å². The lowest BCUT2D eigenvalue weighted by Crippen LogP contribution is -2.37. The van der Waals surface area contributed by atoms with Gasteiger partial charge < -0.3 is 19.5 Å². The highest BCUT2D eigenvalue weighted by Crippen LogP contribution is 2.32. The molecule has 1 atom stereocenters. The maximum atomic E-state index is 12.7. The third-order valence-corrected chi connectivity index (χ3v) is 4.97. The van der Waals surface area contributed by atoms with Crippen LogP contribution in [-0.2, 0) is 4.74 Å². The van der Waals surface area contributed by atoms with Crippen LogP contribution in [0.2, 0.25) is 0 Å². The van der Waals surface area contributed by atoms with Crippen LogP contribution in [-0.4, -0.2) is 59.6 Å². The smallest absolute Gasteiger partial charge is 0.255 e. The third kappa shape index (κ3) is 4.83. The number of hydrogen-bond acceptors (Lipinski definition) is 7. The van der Waals surface area contributed by atoms with Crippen molar-refractivity contribution in [3.63, 3.8) is 0 Å². The first kappa shape index (κ1) is 22.2. The van der Waals surface area contributed by atoms with Crippen LogP contribution in [0.4, 0.5) is 0 Å². The minimum absolute atomic E-state index is 0.0691. The molecule has 0 saturated carbocycles. The predicted octanol–water partition coefficient (Wildman–Crippen LogP) is 2.81. The second-order valence-electron chi connectivity index (χ2n) is 6.90. The van der Waals surface area contributed by atoms with Crippen LogP contribution < -0.4 is 14.8 Å². The van der Waals surface area contributed by atoms with Gasteiger partial charge in [-0.2, -0.15) is 5.10 Å². The second kappa shape index (κ2) is 10.0. The molecule has 0 bridgehead atoms. The molecular weight excluding hydrogens is 398 g/mol. The average molecular weight is 425 g/mol. The summed E-state index contributed by atoms with van der Waals surface area (Å²) in [7, 11) is 4.81. The summed E-state index contributed by atoms with van der Waals surface area (Å²) in [5.41, 5.74) is 2.51. The van der Waals surface area contributed by atoms with Crippen molar-refractivity contribution in [3.8, 4) is 28.7 Å². The highest BCUT2D eigenvalue weighted by molar-refractivity contribution is 5.95. The summed E-state index contributed by atoms with van der Waals surface area (Å²) < 4.78 is 17.5.